The van der Waals surface area contributed by atoms with Crippen LogP contribution >= 0.6 is 0 Å². The second-order valence-electron chi connectivity index (χ2n) is 5.28. The third kappa shape index (κ3) is 3.84. The van der Waals surface area contributed by atoms with Crippen LogP contribution in [-0.2, 0) is 10.0 Å². The summed E-state index contributed by atoms with van der Waals surface area (Å²) in [6, 6.07) is 4.86. The molecule has 0 saturated heterocycles. The predicted octanol–water partition coefficient (Wildman–Crippen LogP) is 2.75. The van der Waals surface area contributed by atoms with Crippen molar-refractivity contribution in [3.05, 3.63) is 35.4 Å². The van der Waals surface area contributed by atoms with Crippen molar-refractivity contribution in [3.8, 4) is 0 Å². The monoisotopic (exact) mass is 294 g/mol. The standard InChI is InChI=1S/C15H22N2O2S/c1-12-11-14(16)7-8-15(12)20(18,19)17-10-9-13-5-3-2-4-6-13/h5,7-8,11,17H,2-4,6,9-10,16H2,1H3. The third-order valence-electron chi connectivity index (χ3n) is 3.61. The summed E-state index contributed by atoms with van der Waals surface area (Å²) < 4.78 is 27.1. The van der Waals surface area contributed by atoms with Crippen LogP contribution in [0.4, 0.5) is 5.69 Å². The Morgan fingerprint density at radius 2 is 2.10 bits per heavy atom. The van der Waals surface area contributed by atoms with Crippen LogP contribution in [0, 0.1) is 6.92 Å². The molecule has 0 atom stereocenters. The Hall–Kier alpha value is -1.33. The lowest BCUT2D eigenvalue weighted by atomic mass is 9.97. The summed E-state index contributed by atoms with van der Waals surface area (Å²) in [5, 5.41) is 0. The maximum absolute atomic E-state index is 12.2. The maximum Gasteiger partial charge on any atom is 0.240 e. The van der Waals surface area contributed by atoms with Crippen LogP contribution in [0.5, 0.6) is 0 Å². The molecule has 0 fully saturated rings. The van der Waals surface area contributed by atoms with E-state index in [1.807, 2.05) is 0 Å². The van der Waals surface area contributed by atoms with Crippen molar-refractivity contribution < 1.29 is 8.42 Å². The largest absolute Gasteiger partial charge is 0.399 e. The van der Waals surface area contributed by atoms with Gasteiger partial charge in [-0.15, -0.1) is 0 Å². The van der Waals surface area contributed by atoms with Crippen LogP contribution in [0.25, 0.3) is 0 Å². The Morgan fingerprint density at radius 3 is 2.75 bits per heavy atom. The molecule has 0 saturated carbocycles. The predicted molar refractivity (Wildman–Crippen MR) is 81.9 cm³/mol. The molecule has 0 bridgehead atoms. The summed E-state index contributed by atoms with van der Waals surface area (Å²) in [6.45, 7) is 2.21. The smallest absolute Gasteiger partial charge is 0.240 e. The highest BCUT2D eigenvalue weighted by Crippen LogP contribution is 2.20. The van der Waals surface area contributed by atoms with Crippen molar-refractivity contribution in [3.63, 3.8) is 0 Å². The molecule has 4 nitrogen and oxygen atoms in total. The number of nitrogens with one attached hydrogen (secondary N) is 1. The van der Waals surface area contributed by atoms with Crippen molar-refractivity contribution in [1.82, 2.24) is 4.72 Å². The lowest BCUT2D eigenvalue weighted by Gasteiger charge is -2.14. The first-order chi connectivity index (χ1) is 9.49. The number of rotatable bonds is 5. The summed E-state index contributed by atoms with van der Waals surface area (Å²) >= 11 is 0. The van der Waals surface area contributed by atoms with Crippen LogP contribution in [0.2, 0.25) is 0 Å². The molecule has 0 unspecified atom stereocenters. The van der Waals surface area contributed by atoms with Gasteiger partial charge in [0.15, 0.2) is 0 Å². The van der Waals surface area contributed by atoms with Crippen molar-refractivity contribution in [1.29, 1.82) is 0 Å². The minimum atomic E-state index is -3.44. The van der Waals surface area contributed by atoms with Crippen molar-refractivity contribution >= 4 is 15.7 Å². The van der Waals surface area contributed by atoms with Gasteiger partial charge >= 0.3 is 0 Å². The number of aryl methyl sites for hydroxylation is 1. The van der Waals surface area contributed by atoms with Gasteiger partial charge in [0.25, 0.3) is 0 Å². The first-order valence-electron chi connectivity index (χ1n) is 7.03. The van der Waals surface area contributed by atoms with Gasteiger partial charge in [-0.1, -0.05) is 11.6 Å². The molecule has 0 aromatic heterocycles. The molecular formula is C15H22N2O2S. The second-order valence-corrected chi connectivity index (χ2v) is 7.02. The van der Waals surface area contributed by atoms with E-state index in [9.17, 15) is 8.42 Å². The summed E-state index contributed by atoms with van der Waals surface area (Å²) in [5.74, 6) is 0. The quantitative estimate of drug-likeness (QED) is 0.648. The first-order valence-corrected chi connectivity index (χ1v) is 8.51. The zero-order valence-electron chi connectivity index (χ0n) is 11.9. The Labute approximate surface area is 121 Å². The number of sulfonamides is 1. The van der Waals surface area contributed by atoms with E-state index in [0.717, 1.165) is 19.3 Å². The normalized spacial score (nSPS) is 15.9. The number of nitrogen functional groups attached to an aromatic ring is 1. The highest BCUT2D eigenvalue weighted by molar-refractivity contribution is 7.89. The molecule has 3 N–H and O–H groups in total. The fourth-order valence-electron chi connectivity index (χ4n) is 2.53. The molecule has 110 valence electrons. The number of benzene rings is 1. The number of anilines is 1. The molecule has 0 radical (unpaired) electrons. The van der Waals surface area contributed by atoms with Gasteiger partial charge in [0.05, 0.1) is 4.90 Å². The molecule has 0 aliphatic heterocycles. The number of hydrogen-bond acceptors (Lipinski definition) is 3. The minimum absolute atomic E-state index is 0.310. The molecule has 0 amide bonds. The molecule has 20 heavy (non-hydrogen) atoms. The van der Waals surface area contributed by atoms with Gasteiger partial charge in [-0.25, -0.2) is 13.1 Å². The summed E-state index contributed by atoms with van der Waals surface area (Å²) in [6.07, 6.45) is 7.73. The van der Waals surface area contributed by atoms with Gasteiger partial charge in [-0.05, 0) is 62.8 Å². The van der Waals surface area contributed by atoms with E-state index in [2.05, 4.69) is 10.8 Å². The van der Waals surface area contributed by atoms with Crippen LogP contribution in [-0.4, -0.2) is 15.0 Å². The maximum atomic E-state index is 12.2. The molecule has 5 heteroatoms. The molecule has 2 rings (SSSR count). The fourth-order valence-corrected chi connectivity index (χ4v) is 3.79. The molecule has 1 aliphatic rings. The minimum Gasteiger partial charge on any atom is -0.399 e. The van der Waals surface area contributed by atoms with E-state index in [1.165, 1.54) is 18.4 Å². The number of nitrogens with two attached hydrogens (primary N) is 1. The summed E-state index contributed by atoms with van der Waals surface area (Å²) in [4.78, 5) is 0.310. The zero-order chi connectivity index (χ0) is 14.6. The van der Waals surface area contributed by atoms with Crippen LogP contribution in [0.15, 0.2) is 34.7 Å². The van der Waals surface area contributed by atoms with Gasteiger partial charge in [0.1, 0.15) is 0 Å². The lowest BCUT2D eigenvalue weighted by molar-refractivity contribution is 0.579. The average Bonchev–Trinajstić information content (AvgIpc) is 2.39. The lowest BCUT2D eigenvalue weighted by Crippen LogP contribution is -2.26. The van der Waals surface area contributed by atoms with Crippen molar-refractivity contribution in [2.75, 3.05) is 12.3 Å². The number of allylic oxidation sites excluding steroid dienone is 1. The molecule has 1 aliphatic carbocycles. The third-order valence-corrected chi connectivity index (χ3v) is 5.23. The van der Waals surface area contributed by atoms with E-state index in [1.54, 1.807) is 25.1 Å². The topological polar surface area (TPSA) is 72.2 Å². The van der Waals surface area contributed by atoms with Gasteiger partial charge in [0, 0.05) is 12.2 Å². The molecule has 1 aromatic carbocycles. The van der Waals surface area contributed by atoms with E-state index in [4.69, 9.17) is 5.73 Å². The molecule has 0 spiro atoms. The van der Waals surface area contributed by atoms with Crippen LogP contribution in [0.1, 0.15) is 37.7 Å². The molecular weight excluding hydrogens is 272 g/mol. The first kappa shape index (κ1) is 15.1. The second kappa shape index (κ2) is 6.41. The Morgan fingerprint density at radius 1 is 1.30 bits per heavy atom. The average molecular weight is 294 g/mol. The summed E-state index contributed by atoms with van der Waals surface area (Å²) in [5.41, 5.74) is 8.27. The number of hydrogen-bond donors (Lipinski definition) is 2. The van der Waals surface area contributed by atoms with Crippen LogP contribution in [0.3, 0.4) is 0 Å². The van der Waals surface area contributed by atoms with E-state index >= 15 is 0 Å². The SMILES string of the molecule is Cc1cc(N)ccc1S(=O)(=O)NCCC1=CCCCC1. The molecule has 1 aromatic rings. The van der Waals surface area contributed by atoms with E-state index < -0.39 is 10.0 Å². The van der Waals surface area contributed by atoms with Crippen LogP contribution < -0.4 is 10.5 Å². The fraction of sp³-hybridized carbons (Fsp3) is 0.467. The van der Waals surface area contributed by atoms with Gasteiger partial charge in [-0.3, -0.25) is 0 Å². The highest BCUT2D eigenvalue weighted by atomic mass is 32.2. The Bertz CT molecular complexity index is 606. The van der Waals surface area contributed by atoms with Crippen molar-refractivity contribution in [2.45, 2.75) is 43.9 Å². The highest BCUT2D eigenvalue weighted by Gasteiger charge is 2.16. The van der Waals surface area contributed by atoms with Gasteiger partial charge in [-0.2, -0.15) is 0 Å². The zero-order valence-corrected chi connectivity index (χ0v) is 12.7. The Kier molecular flexibility index (Phi) is 4.83. The van der Waals surface area contributed by atoms with Gasteiger partial charge < -0.3 is 5.73 Å². The molecule has 0 heterocycles. The Balaban J connectivity index is 1.98. The van der Waals surface area contributed by atoms with E-state index in [0.29, 0.717) is 22.7 Å². The van der Waals surface area contributed by atoms with Crippen molar-refractivity contribution in [2.24, 2.45) is 0 Å². The van der Waals surface area contributed by atoms with Gasteiger partial charge in [0.2, 0.25) is 10.0 Å². The van der Waals surface area contributed by atoms with E-state index in [-0.39, 0.29) is 0 Å². The summed E-state index contributed by atoms with van der Waals surface area (Å²) in [7, 11) is -3.44.